The van der Waals surface area contributed by atoms with Crippen LogP contribution < -0.4 is 20.2 Å². The zero-order valence-corrected chi connectivity index (χ0v) is 19.0. The van der Waals surface area contributed by atoms with E-state index >= 15 is 0 Å². The number of anilines is 1. The van der Waals surface area contributed by atoms with E-state index in [0.29, 0.717) is 34.1 Å². The molecule has 0 fully saturated rings. The maximum Gasteiger partial charge on any atom is 0.244 e. The Kier molecular flexibility index (Phi) is 6.40. The molecule has 0 aliphatic rings. The minimum Gasteiger partial charge on any atom is -0.497 e. The topological polar surface area (TPSA) is 99.5 Å². The number of carbonyl (C=O) groups is 2. The molecule has 1 N–H and O–H groups in total. The predicted octanol–water partition coefficient (Wildman–Crippen LogP) is 3.59. The van der Waals surface area contributed by atoms with Gasteiger partial charge in [-0.25, -0.2) is 4.98 Å². The number of hydrogen-bond donors (Lipinski definition) is 1. The van der Waals surface area contributed by atoms with Gasteiger partial charge in [-0.2, -0.15) is 0 Å². The second kappa shape index (κ2) is 9.58. The molecule has 0 saturated carbocycles. The van der Waals surface area contributed by atoms with Gasteiger partial charge in [-0.05, 0) is 55.5 Å². The zero-order valence-electron chi connectivity index (χ0n) is 19.0. The van der Waals surface area contributed by atoms with Crippen LogP contribution in [0.5, 0.6) is 11.5 Å². The molecule has 4 rings (SSSR count). The van der Waals surface area contributed by atoms with Gasteiger partial charge in [-0.15, -0.1) is 0 Å². The largest absolute Gasteiger partial charge is 0.497 e. The molecule has 0 aliphatic carbocycles. The first-order valence-electron chi connectivity index (χ1n) is 10.5. The number of carbonyl (C=O) groups excluding carboxylic acids is 2. The van der Waals surface area contributed by atoms with E-state index in [4.69, 9.17) is 9.47 Å². The fourth-order valence-corrected chi connectivity index (χ4v) is 3.59. The van der Waals surface area contributed by atoms with E-state index in [1.165, 1.54) is 17.9 Å². The van der Waals surface area contributed by atoms with Gasteiger partial charge in [0.05, 0.1) is 25.2 Å². The number of nitrogens with zero attached hydrogens (tertiary/aromatic N) is 2. The Labute approximate surface area is 195 Å². The summed E-state index contributed by atoms with van der Waals surface area (Å²) in [4.78, 5) is 43.7. The van der Waals surface area contributed by atoms with Crippen LogP contribution in [0.15, 0.2) is 71.7 Å². The highest BCUT2D eigenvalue weighted by molar-refractivity contribution is 6.10. The predicted molar refractivity (Wildman–Crippen MR) is 129 cm³/mol. The standard InChI is InChI=1S/C26H23N3O5/c1-16-7-12-21-25(32)22(24(31)17-5-4-6-20(13-17)34-3)14-29(26(21)27-16)15-23(30)28-18-8-10-19(33-2)11-9-18/h4-14H,15H2,1-3H3,(H,28,30). The molecule has 2 heterocycles. The molecule has 0 bridgehead atoms. The Morgan fingerprint density at radius 2 is 1.71 bits per heavy atom. The van der Waals surface area contributed by atoms with Crippen molar-refractivity contribution in [3.63, 3.8) is 0 Å². The lowest BCUT2D eigenvalue weighted by Crippen LogP contribution is -2.25. The van der Waals surface area contributed by atoms with Gasteiger partial charge in [-0.3, -0.25) is 14.4 Å². The fourth-order valence-electron chi connectivity index (χ4n) is 3.59. The van der Waals surface area contributed by atoms with Crippen molar-refractivity contribution in [2.45, 2.75) is 13.5 Å². The zero-order chi connectivity index (χ0) is 24.2. The average molecular weight is 457 g/mol. The van der Waals surface area contributed by atoms with Gasteiger partial charge in [0.25, 0.3) is 0 Å². The molecule has 8 nitrogen and oxygen atoms in total. The molecule has 4 aromatic rings. The number of amides is 1. The molecule has 2 aromatic heterocycles. The highest BCUT2D eigenvalue weighted by Gasteiger charge is 2.19. The molecule has 0 atom stereocenters. The Bertz CT molecular complexity index is 1440. The number of rotatable bonds is 7. The molecule has 0 spiro atoms. The highest BCUT2D eigenvalue weighted by atomic mass is 16.5. The summed E-state index contributed by atoms with van der Waals surface area (Å²) in [7, 11) is 3.07. The summed E-state index contributed by atoms with van der Waals surface area (Å²) in [6.07, 6.45) is 1.40. The fraction of sp³-hybridized carbons (Fsp3) is 0.154. The van der Waals surface area contributed by atoms with E-state index in [9.17, 15) is 14.4 Å². The van der Waals surface area contributed by atoms with Crippen LogP contribution >= 0.6 is 0 Å². The molecule has 1 amide bonds. The third-order valence-electron chi connectivity index (χ3n) is 5.32. The lowest BCUT2D eigenvalue weighted by molar-refractivity contribution is -0.116. The van der Waals surface area contributed by atoms with E-state index < -0.39 is 11.2 Å². The number of ketones is 1. The molecule has 34 heavy (non-hydrogen) atoms. The SMILES string of the molecule is COc1ccc(NC(=O)Cn2cc(C(=O)c3cccc(OC)c3)c(=O)c3ccc(C)nc32)cc1. The number of hydrogen-bond acceptors (Lipinski definition) is 6. The van der Waals surface area contributed by atoms with Crippen LogP contribution in [-0.2, 0) is 11.3 Å². The van der Waals surface area contributed by atoms with Crippen molar-refractivity contribution in [2.24, 2.45) is 0 Å². The molecule has 0 aliphatic heterocycles. The Morgan fingerprint density at radius 3 is 2.41 bits per heavy atom. The molecule has 2 aromatic carbocycles. The molecule has 0 unspecified atom stereocenters. The lowest BCUT2D eigenvalue weighted by Gasteiger charge is -2.13. The number of aryl methyl sites for hydroxylation is 1. The molecule has 0 saturated heterocycles. The quantitative estimate of drug-likeness (QED) is 0.426. The Hall–Kier alpha value is -4.46. The van der Waals surface area contributed by atoms with E-state index in [0.717, 1.165) is 0 Å². The summed E-state index contributed by atoms with van der Waals surface area (Å²) in [6.45, 7) is 1.65. The molecule has 8 heteroatoms. The van der Waals surface area contributed by atoms with E-state index in [2.05, 4.69) is 10.3 Å². The van der Waals surface area contributed by atoms with E-state index in [-0.39, 0.29) is 23.4 Å². The summed E-state index contributed by atoms with van der Waals surface area (Å²) in [5.74, 6) is 0.377. The minimum atomic E-state index is -0.462. The number of benzene rings is 2. The van der Waals surface area contributed by atoms with Gasteiger partial charge in [0.15, 0.2) is 5.78 Å². The van der Waals surface area contributed by atoms with Gasteiger partial charge in [0.2, 0.25) is 11.3 Å². The van der Waals surface area contributed by atoms with E-state index in [1.807, 2.05) is 0 Å². The van der Waals surface area contributed by atoms with Crippen molar-refractivity contribution in [3.05, 3.63) is 93.9 Å². The van der Waals surface area contributed by atoms with Gasteiger partial charge < -0.3 is 19.4 Å². The minimum absolute atomic E-state index is 0.0522. The van der Waals surface area contributed by atoms with Crippen molar-refractivity contribution in [1.82, 2.24) is 9.55 Å². The number of pyridine rings is 2. The monoisotopic (exact) mass is 457 g/mol. The second-order valence-electron chi connectivity index (χ2n) is 7.66. The smallest absolute Gasteiger partial charge is 0.244 e. The van der Waals surface area contributed by atoms with Crippen LogP contribution in [0.2, 0.25) is 0 Å². The first-order chi connectivity index (χ1) is 16.4. The average Bonchev–Trinajstić information content (AvgIpc) is 2.85. The van der Waals surface area contributed by atoms with Crippen LogP contribution in [0.3, 0.4) is 0 Å². The third-order valence-corrected chi connectivity index (χ3v) is 5.32. The summed E-state index contributed by atoms with van der Waals surface area (Å²) < 4.78 is 11.9. The number of fused-ring (bicyclic) bond motifs is 1. The van der Waals surface area contributed by atoms with Gasteiger partial charge in [0, 0.05) is 23.1 Å². The van der Waals surface area contributed by atoms with Crippen molar-refractivity contribution in [2.75, 3.05) is 19.5 Å². The second-order valence-corrected chi connectivity index (χ2v) is 7.66. The molecule has 172 valence electrons. The van der Waals surface area contributed by atoms with Crippen molar-refractivity contribution < 1.29 is 19.1 Å². The molecular formula is C26H23N3O5. The lowest BCUT2D eigenvalue weighted by atomic mass is 10.0. The highest BCUT2D eigenvalue weighted by Crippen LogP contribution is 2.18. The normalized spacial score (nSPS) is 10.7. The summed E-state index contributed by atoms with van der Waals surface area (Å²) in [5.41, 5.74) is 1.42. The van der Waals surface area contributed by atoms with Gasteiger partial charge in [0.1, 0.15) is 23.7 Å². The number of aromatic nitrogens is 2. The van der Waals surface area contributed by atoms with Crippen LogP contribution in [0.25, 0.3) is 11.0 Å². The third kappa shape index (κ3) is 4.66. The molecular weight excluding hydrogens is 434 g/mol. The van der Waals surface area contributed by atoms with Crippen LogP contribution in [0.4, 0.5) is 5.69 Å². The summed E-state index contributed by atoms with van der Waals surface area (Å²) in [6, 6.07) is 16.8. The van der Waals surface area contributed by atoms with Crippen LogP contribution in [0.1, 0.15) is 21.6 Å². The van der Waals surface area contributed by atoms with Crippen LogP contribution in [-0.4, -0.2) is 35.5 Å². The Balaban J connectivity index is 1.73. The van der Waals surface area contributed by atoms with Crippen LogP contribution in [0, 0.1) is 6.92 Å². The van der Waals surface area contributed by atoms with Crippen molar-refractivity contribution in [3.8, 4) is 11.5 Å². The molecule has 0 radical (unpaired) electrons. The number of methoxy groups -OCH3 is 2. The number of nitrogens with one attached hydrogen (secondary N) is 1. The first-order valence-corrected chi connectivity index (χ1v) is 10.5. The van der Waals surface area contributed by atoms with Crippen molar-refractivity contribution >= 4 is 28.4 Å². The van der Waals surface area contributed by atoms with Crippen molar-refractivity contribution in [1.29, 1.82) is 0 Å². The first kappa shape index (κ1) is 22.7. The van der Waals surface area contributed by atoms with Gasteiger partial charge >= 0.3 is 0 Å². The summed E-state index contributed by atoms with van der Waals surface area (Å²) in [5, 5.41) is 3.07. The summed E-state index contributed by atoms with van der Waals surface area (Å²) >= 11 is 0. The van der Waals surface area contributed by atoms with Gasteiger partial charge in [-0.1, -0.05) is 12.1 Å². The number of ether oxygens (including phenoxy) is 2. The Morgan fingerprint density at radius 1 is 0.971 bits per heavy atom. The van der Waals surface area contributed by atoms with E-state index in [1.54, 1.807) is 74.7 Å². The maximum absolute atomic E-state index is 13.2. The maximum atomic E-state index is 13.2.